The fraction of sp³-hybridized carbons (Fsp3) is 0.143. The van der Waals surface area contributed by atoms with Crippen LogP contribution < -0.4 is 10.2 Å². The second-order valence-electron chi connectivity index (χ2n) is 2.23. The molecule has 1 nitrogen and oxygen atoms in total. The van der Waals surface area contributed by atoms with Gasteiger partial charge in [-0.2, -0.15) is 0 Å². The summed E-state index contributed by atoms with van der Waals surface area (Å²) in [6.07, 6.45) is -4.71. The van der Waals surface area contributed by atoms with E-state index >= 15 is 0 Å². The summed E-state index contributed by atoms with van der Waals surface area (Å²) in [6.45, 7) is 0. The third-order valence-corrected chi connectivity index (χ3v) is 1.53. The lowest BCUT2D eigenvalue weighted by Gasteiger charge is -2.09. The zero-order valence-electron chi connectivity index (χ0n) is 6.23. The second kappa shape index (κ2) is 3.50. The Balaban J connectivity index is 2.86. The molecule has 0 saturated carbocycles. The van der Waals surface area contributed by atoms with Crippen molar-refractivity contribution in [2.24, 2.45) is 0 Å². The van der Waals surface area contributed by atoms with Crippen molar-refractivity contribution in [3.8, 4) is 5.75 Å². The molecule has 0 atom stereocenters. The van der Waals surface area contributed by atoms with Gasteiger partial charge in [-0.1, -0.05) is 23.1 Å². The predicted molar refractivity (Wildman–Crippen MR) is 43.5 cm³/mol. The van der Waals surface area contributed by atoms with E-state index in [4.69, 9.17) is 19.4 Å². The minimum atomic E-state index is -4.71. The van der Waals surface area contributed by atoms with Gasteiger partial charge in [-0.05, 0) is 12.1 Å². The third kappa shape index (κ3) is 3.18. The van der Waals surface area contributed by atoms with Gasteiger partial charge in [0.05, 0.1) is 0 Å². The molecule has 0 aliphatic heterocycles. The molecule has 6 heteroatoms. The summed E-state index contributed by atoms with van der Waals surface area (Å²) >= 11 is 5.47. The zero-order valence-corrected chi connectivity index (χ0v) is 6.99. The van der Waals surface area contributed by atoms with Crippen LogP contribution in [0.3, 0.4) is 0 Å². The number of hydrogen-bond acceptors (Lipinski definition) is 1. The maximum atomic E-state index is 11.7. The molecule has 0 aliphatic carbocycles. The van der Waals surface area contributed by atoms with Gasteiger partial charge in [-0.3, -0.25) is 0 Å². The maximum absolute atomic E-state index is 11.7. The Kier molecular flexibility index (Phi) is 2.76. The minimum absolute atomic E-state index is 0.0294. The Morgan fingerprint density at radius 3 is 2.38 bits per heavy atom. The summed E-state index contributed by atoms with van der Waals surface area (Å²) in [5.41, 5.74) is 0.205. The standard InChI is InChI=1S/C7H3BClF3O/c8-5-2-1-4(3-6(5)9)13-7(10,11)12/h1-3H. The van der Waals surface area contributed by atoms with E-state index in [1.165, 1.54) is 6.07 Å². The average Bonchev–Trinajstić information content (AvgIpc) is 1.94. The summed E-state index contributed by atoms with van der Waals surface area (Å²) in [6, 6.07) is 3.34. The van der Waals surface area contributed by atoms with E-state index in [1.807, 2.05) is 0 Å². The topological polar surface area (TPSA) is 9.23 Å². The fourth-order valence-corrected chi connectivity index (χ4v) is 0.876. The fourth-order valence-electron chi connectivity index (χ4n) is 0.705. The van der Waals surface area contributed by atoms with E-state index in [0.29, 0.717) is 0 Å². The first kappa shape index (κ1) is 10.2. The zero-order chi connectivity index (χ0) is 10.1. The van der Waals surface area contributed by atoms with E-state index in [2.05, 4.69) is 4.74 Å². The van der Waals surface area contributed by atoms with Crippen molar-refractivity contribution < 1.29 is 17.9 Å². The summed E-state index contributed by atoms with van der Waals surface area (Å²) in [7, 11) is 5.28. The molecule has 0 amide bonds. The van der Waals surface area contributed by atoms with Crippen LogP contribution in [-0.4, -0.2) is 14.2 Å². The highest BCUT2D eigenvalue weighted by Crippen LogP contribution is 2.23. The van der Waals surface area contributed by atoms with Gasteiger partial charge in [0.25, 0.3) is 0 Å². The Hall–Kier alpha value is -0.835. The van der Waals surface area contributed by atoms with Gasteiger partial charge in [0.15, 0.2) is 0 Å². The van der Waals surface area contributed by atoms with Crippen LogP contribution in [-0.2, 0) is 0 Å². The smallest absolute Gasteiger partial charge is 0.406 e. The first-order chi connectivity index (χ1) is 5.88. The molecule has 1 aromatic carbocycles. The molecular weight excluding hydrogens is 203 g/mol. The first-order valence-corrected chi connectivity index (χ1v) is 3.57. The molecule has 68 valence electrons. The second-order valence-corrected chi connectivity index (χ2v) is 2.64. The van der Waals surface area contributed by atoms with Crippen LogP contribution in [0, 0.1) is 0 Å². The molecule has 1 aromatic rings. The Morgan fingerprint density at radius 2 is 1.92 bits per heavy atom. The normalized spacial score (nSPS) is 11.4. The molecule has 0 aromatic heterocycles. The number of hydrogen-bond donors (Lipinski definition) is 0. The molecule has 0 heterocycles. The predicted octanol–water partition coefficient (Wildman–Crippen LogP) is 2.03. The quantitative estimate of drug-likeness (QED) is 0.639. The van der Waals surface area contributed by atoms with E-state index in [9.17, 15) is 13.2 Å². The molecule has 0 spiro atoms. The highest BCUT2D eigenvalue weighted by atomic mass is 35.5. The molecule has 2 radical (unpaired) electrons. The average molecular weight is 206 g/mol. The highest BCUT2D eigenvalue weighted by molar-refractivity contribution is 6.45. The van der Waals surface area contributed by atoms with Crippen molar-refractivity contribution >= 4 is 24.9 Å². The highest BCUT2D eigenvalue weighted by Gasteiger charge is 2.31. The van der Waals surface area contributed by atoms with Crippen molar-refractivity contribution in [3.05, 3.63) is 23.2 Å². The maximum Gasteiger partial charge on any atom is 0.573 e. The van der Waals surface area contributed by atoms with Crippen LogP contribution in [0.25, 0.3) is 0 Å². The van der Waals surface area contributed by atoms with Crippen molar-refractivity contribution in [1.82, 2.24) is 0 Å². The summed E-state index contributed by atoms with van der Waals surface area (Å²) in [4.78, 5) is 0. The monoisotopic (exact) mass is 206 g/mol. The summed E-state index contributed by atoms with van der Waals surface area (Å²) in [5.74, 6) is -0.383. The molecule has 1 rings (SSSR count). The third-order valence-electron chi connectivity index (χ3n) is 1.21. The summed E-state index contributed by atoms with van der Waals surface area (Å²) in [5, 5.41) is 0.0294. The van der Waals surface area contributed by atoms with Crippen LogP contribution in [0.5, 0.6) is 5.75 Å². The SMILES string of the molecule is [B]c1ccc(OC(F)(F)F)cc1Cl. The molecule has 0 saturated heterocycles. The molecular formula is C7H3BClF3O. The Morgan fingerprint density at radius 1 is 1.31 bits per heavy atom. The van der Waals surface area contributed by atoms with Crippen molar-refractivity contribution in [2.75, 3.05) is 0 Å². The van der Waals surface area contributed by atoms with E-state index in [0.717, 1.165) is 12.1 Å². The number of rotatable bonds is 1. The Labute approximate surface area is 78.9 Å². The van der Waals surface area contributed by atoms with Gasteiger partial charge >= 0.3 is 6.36 Å². The van der Waals surface area contributed by atoms with Crippen molar-refractivity contribution in [3.63, 3.8) is 0 Å². The van der Waals surface area contributed by atoms with Crippen molar-refractivity contribution in [1.29, 1.82) is 0 Å². The lowest BCUT2D eigenvalue weighted by Crippen LogP contribution is -2.17. The molecule has 0 bridgehead atoms. The van der Waals surface area contributed by atoms with Crippen LogP contribution >= 0.6 is 11.6 Å². The van der Waals surface area contributed by atoms with E-state index in [1.54, 1.807) is 0 Å². The van der Waals surface area contributed by atoms with Gasteiger partial charge in [0, 0.05) is 5.02 Å². The van der Waals surface area contributed by atoms with Gasteiger partial charge in [-0.25, -0.2) is 0 Å². The lowest BCUT2D eigenvalue weighted by atomic mass is 9.96. The number of halogens is 4. The van der Waals surface area contributed by atoms with Crippen LogP contribution in [0.2, 0.25) is 5.02 Å². The van der Waals surface area contributed by atoms with Gasteiger partial charge in [-0.15, -0.1) is 13.2 Å². The first-order valence-electron chi connectivity index (χ1n) is 3.19. The Bertz CT molecular complexity index is 313. The number of ether oxygens (including phenoxy) is 1. The van der Waals surface area contributed by atoms with Crippen LogP contribution in [0.1, 0.15) is 0 Å². The summed E-state index contributed by atoms with van der Waals surface area (Å²) < 4.78 is 38.6. The molecule has 0 N–H and O–H groups in total. The lowest BCUT2D eigenvalue weighted by molar-refractivity contribution is -0.274. The molecule has 0 fully saturated rings. The number of benzene rings is 1. The molecule has 13 heavy (non-hydrogen) atoms. The largest absolute Gasteiger partial charge is 0.573 e. The number of alkyl halides is 3. The molecule has 0 aliphatic rings. The van der Waals surface area contributed by atoms with E-state index < -0.39 is 6.36 Å². The minimum Gasteiger partial charge on any atom is -0.406 e. The van der Waals surface area contributed by atoms with Crippen LogP contribution in [0.15, 0.2) is 18.2 Å². The van der Waals surface area contributed by atoms with Crippen molar-refractivity contribution in [2.45, 2.75) is 6.36 Å². The van der Waals surface area contributed by atoms with E-state index in [-0.39, 0.29) is 16.2 Å². The van der Waals surface area contributed by atoms with Crippen LogP contribution in [0.4, 0.5) is 13.2 Å². The van der Waals surface area contributed by atoms with Gasteiger partial charge in [0.1, 0.15) is 13.6 Å². The van der Waals surface area contributed by atoms with Gasteiger partial charge < -0.3 is 4.74 Å². The molecule has 0 unspecified atom stereocenters. The van der Waals surface area contributed by atoms with Gasteiger partial charge in [0.2, 0.25) is 0 Å².